The molecule has 0 fully saturated rings. The summed E-state index contributed by atoms with van der Waals surface area (Å²) in [5.74, 6) is 0.810. The molecule has 9 heavy (non-hydrogen) atoms. The molecule has 0 aromatic rings. The number of ether oxygens (including phenoxy) is 1. The first-order valence-corrected chi connectivity index (χ1v) is 3.59. The van der Waals surface area contributed by atoms with Crippen molar-refractivity contribution in [1.82, 2.24) is 0 Å². The lowest BCUT2D eigenvalue weighted by Gasteiger charge is -2.04. The van der Waals surface area contributed by atoms with E-state index in [1.54, 1.807) is 7.11 Å². The van der Waals surface area contributed by atoms with Crippen LogP contribution >= 0.6 is 0 Å². The van der Waals surface area contributed by atoms with Gasteiger partial charge in [0.2, 0.25) is 0 Å². The third-order valence-electron chi connectivity index (χ3n) is 1.81. The number of methoxy groups -OCH3 is 1. The minimum absolute atomic E-state index is 0.810. The normalized spacial score (nSPS) is 25.2. The molecule has 0 aromatic heterocycles. The first kappa shape index (κ1) is 6.81. The van der Waals surface area contributed by atoms with Crippen LogP contribution in [0.1, 0.15) is 19.3 Å². The Balaban J connectivity index is 2.05. The maximum atomic E-state index is 4.97. The molecule has 1 nitrogen and oxygen atoms in total. The molecule has 1 unspecified atom stereocenters. The zero-order valence-corrected chi connectivity index (χ0v) is 5.97. The summed E-state index contributed by atoms with van der Waals surface area (Å²) in [7, 11) is 1.76. The standard InChI is InChI=1S/C8H14O/c1-9-7-6-8-4-2-3-5-8/h2,4,8H,3,5-7H2,1H3. The van der Waals surface area contributed by atoms with Gasteiger partial charge >= 0.3 is 0 Å². The van der Waals surface area contributed by atoms with E-state index in [1.807, 2.05) is 0 Å². The molecule has 0 aliphatic heterocycles. The maximum Gasteiger partial charge on any atom is 0.0467 e. The predicted molar refractivity (Wildman–Crippen MR) is 38.4 cm³/mol. The Bertz CT molecular complexity index is 96.7. The van der Waals surface area contributed by atoms with E-state index < -0.39 is 0 Å². The molecule has 1 rings (SSSR count). The zero-order chi connectivity index (χ0) is 6.53. The third-order valence-corrected chi connectivity index (χ3v) is 1.81. The minimum Gasteiger partial charge on any atom is -0.385 e. The first-order chi connectivity index (χ1) is 4.43. The van der Waals surface area contributed by atoms with Crippen LogP contribution < -0.4 is 0 Å². The van der Waals surface area contributed by atoms with Crippen molar-refractivity contribution in [1.29, 1.82) is 0 Å². The molecular formula is C8H14O. The van der Waals surface area contributed by atoms with E-state index in [2.05, 4.69) is 12.2 Å². The zero-order valence-electron chi connectivity index (χ0n) is 5.97. The number of allylic oxidation sites excluding steroid dienone is 2. The number of rotatable bonds is 3. The van der Waals surface area contributed by atoms with Gasteiger partial charge in [0.25, 0.3) is 0 Å². The van der Waals surface area contributed by atoms with Crippen LogP contribution in [-0.2, 0) is 4.74 Å². The van der Waals surface area contributed by atoms with Gasteiger partial charge in [-0.05, 0) is 25.2 Å². The van der Waals surface area contributed by atoms with E-state index in [0.29, 0.717) is 0 Å². The Morgan fingerprint density at radius 1 is 1.67 bits per heavy atom. The summed E-state index contributed by atoms with van der Waals surface area (Å²) in [5.41, 5.74) is 0. The van der Waals surface area contributed by atoms with Crippen LogP contribution in [0, 0.1) is 5.92 Å². The van der Waals surface area contributed by atoms with Crippen molar-refractivity contribution < 1.29 is 4.74 Å². The largest absolute Gasteiger partial charge is 0.385 e. The van der Waals surface area contributed by atoms with E-state index in [1.165, 1.54) is 19.3 Å². The molecule has 0 N–H and O–H groups in total. The fourth-order valence-electron chi connectivity index (χ4n) is 1.20. The van der Waals surface area contributed by atoms with Gasteiger partial charge in [-0.15, -0.1) is 0 Å². The van der Waals surface area contributed by atoms with Crippen LogP contribution in [0.25, 0.3) is 0 Å². The lowest BCUT2D eigenvalue weighted by molar-refractivity contribution is 0.184. The molecule has 52 valence electrons. The average molecular weight is 126 g/mol. The lowest BCUT2D eigenvalue weighted by atomic mass is 10.1. The van der Waals surface area contributed by atoms with E-state index in [9.17, 15) is 0 Å². The second-order valence-corrected chi connectivity index (χ2v) is 2.55. The Morgan fingerprint density at radius 2 is 2.56 bits per heavy atom. The monoisotopic (exact) mass is 126 g/mol. The molecule has 0 saturated heterocycles. The summed E-state index contributed by atoms with van der Waals surface area (Å²) in [5, 5.41) is 0. The van der Waals surface area contributed by atoms with Gasteiger partial charge in [-0.25, -0.2) is 0 Å². The van der Waals surface area contributed by atoms with Crippen molar-refractivity contribution in [3.63, 3.8) is 0 Å². The molecule has 0 aromatic carbocycles. The molecule has 0 saturated carbocycles. The van der Waals surface area contributed by atoms with E-state index in [0.717, 1.165) is 12.5 Å². The average Bonchev–Trinajstić information content (AvgIpc) is 2.34. The maximum absolute atomic E-state index is 4.97. The van der Waals surface area contributed by atoms with E-state index in [4.69, 9.17) is 4.74 Å². The van der Waals surface area contributed by atoms with Crippen LogP contribution in [0.5, 0.6) is 0 Å². The highest BCUT2D eigenvalue weighted by molar-refractivity contribution is 4.95. The van der Waals surface area contributed by atoms with Gasteiger partial charge in [-0.1, -0.05) is 12.2 Å². The topological polar surface area (TPSA) is 9.23 Å². The molecule has 1 aliphatic carbocycles. The molecule has 0 bridgehead atoms. The summed E-state index contributed by atoms with van der Waals surface area (Å²) < 4.78 is 4.97. The molecule has 1 aliphatic rings. The molecule has 0 spiro atoms. The van der Waals surface area contributed by atoms with Gasteiger partial charge in [0.15, 0.2) is 0 Å². The Morgan fingerprint density at radius 3 is 3.11 bits per heavy atom. The molecule has 0 radical (unpaired) electrons. The Labute approximate surface area is 56.7 Å². The predicted octanol–water partition coefficient (Wildman–Crippen LogP) is 1.99. The second kappa shape index (κ2) is 3.67. The highest BCUT2D eigenvalue weighted by atomic mass is 16.5. The summed E-state index contributed by atoms with van der Waals surface area (Å²) >= 11 is 0. The molecule has 1 atom stereocenters. The van der Waals surface area contributed by atoms with Gasteiger partial charge in [0.05, 0.1) is 0 Å². The van der Waals surface area contributed by atoms with Crippen molar-refractivity contribution in [2.24, 2.45) is 5.92 Å². The smallest absolute Gasteiger partial charge is 0.0467 e. The Kier molecular flexibility index (Phi) is 2.78. The van der Waals surface area contributed by atoms with Crippen molar-refractivity contribution in [3.05, 3.63) is 12.2 Å². The van der Waals surface area contributed by atoms with Gasteiger partial charge in [-0.2, -0.15) is 0 Å². The fraction of sp³-hybridized carbons (Fsp3) is 0.750. The van der Waals surface area contributed by atoms with Crippen molar-refractivity contribution in [2.45, 2.75) is 19.3 Å². The molecule has 0 amide bonds. The van der Waals surface area contributed by atoms with Crippen molar-refractivity contribution >= 4 is 0 Å². The Hall–Kier alpha value is -0.300. The molecular weight excluding hydrogens is 112 g/mol. The number of hydrogen-bond acceptors (Lipinski definition) is 1. The third kappa shape index (κ3) is 2.19. The van der Waals surface area contributed by atoms with Gasteiger partial charge in [0.1, 0.15) is 0 Å². The minimum atomic E-state index is 0.810. The summed E-state index contributed by atoms with van der Waals surface area (Å²) in [6, 6.07) is 0. The summed E-state index contributed by atoms with van der Waals surface area (Å²) in [4.78, 5) is 0. The molecule has 1 heteroatoms. The van der Waals surface area contributed by atoms with Crippen molar-refractivity contribution in [2.75, 3.05) is 13.7 Å². The van der Waals surface area contributed by atoms with E-state index >= 15 is 0 Å². The SMILES string of the molecule is COCCC1C=CCC1. The highest BCUT2D eigenvalue weighted by Crippen LogP contribution is 2.19. The van der Waals surface area contributed by atoms with Crippen LogP contribution in [0.15, 0.2) is 12.2 Å². The van der Waals surface area contributed by atoms with Gasteiger partial charge < -0.3 is 4.74 Å². The van der Waals surface area contributed by atoms with Gasteiger partial charge in [-0.3, -0.25) is 0 Å². The fourth-order valence-corrected chi connectivity index (χ4v) is 1.20. The second-order valence-electron chi connectivity index (χ2n) is 2.55. The van der Waals surface area contributed by atoms with Crippen LogP contribution in [0.3, 0.4) is 0 Å². The van der Waals surface area contributed by atoms with Crippen LogP contribution in [-0.4, -0.2) is 13.7 Å². The van der Waals surface area contributed by atoms with Crippen molar-refractivity contribution in [3.8, 4) is 0 Å². The summed E-state index contributed by atoms with van der Waals surface area (Å²) in [6.07, 6.45) is 8.38. The van der Waals surface area contributed by atoms with Crippen LogP contribution in [0.2, 0.25) is 0 Å². The lowest BCUT2D eigenvalue weighted by Crippen LogP contribution is -1.97. The summed E-state index contributed by atoms with van der Waals surface area (Å²) in [6.45, 7) is 0.912. The number of hydrogen-bond donors (Lipinski definition) is 0. The first-order valence-electron chi connectivity index (χ1n) is 3.59. The van der Waals surface area contributed by atoms with Crippen LogP contribution in [0.4, 0.5) is 0 Å². The molecule has 0 heterocycles. The van der Waals surface area contributed by atoms with E-state index in [-0.39, 0.29) is 0 Å². The quantitative estimate of drug-likeness (QED) is 0.525. The van der Waals surface area contributed by atoms with Gasteiger partial charge in [0, 0.05) is 13.7 Å². The highest BCUT2D eigenvalue weighted by Gasteiger charge is 2.07.